The minimum atomic E-state index is -0.442. The molecule has 0 fully saturated rings. The summed E-state index contributed by atoms with van der Waals surface area (Å²) in [5.74, 6) is 0.846. The van der Waals surface area contributed by atoms with Crippen LogP contribution in [0, 0.1) is 0 Å². The maximum atomic E-state index is 11.9. The number of aromatic nitrogens is 4. The van der Waals surface area contributed by atoms with Gasteiger partial charge in [0.25, 0.3) is 5.91 Å². The second-order valence-electron chi connectivity index (χ2n) is 6.77. The van der Waals surface area contributed by atoms with Gasteiger partial charge < -0.3 is 20.1 Å². The van der Waals surface area contributed by atoms with Crippen molar-refractivity contribution in [2.75, 3.05) is 24.4 Å². The molecule has 0 unspecified atom stereocenters. The highest BCUT2D eigenvalue weighted by molar-refractivity contribution is 5.96. The van der Waals surface area contributed by atoms with E-state index in [9.17, 15) is 9.59 Å². The van der Waals surface area contributed by atoms with Gasteiger partial charge in [0.15, 0.2) is 18.2 Å². The van der Waals surface area contributed by atoms with Gasteiger partial charge in [-0.05, 0) is 30.3 Å². The number of hydrogen-bond acceptors (Lipinski definition) is 8. The largest absolute Gasteiger partial charge is 0.482 e. The monoisotopic (exact) mass is 416 g/mol. The molecule has 5 rings (SSSR count). The van der Waals surface area contributed by atoms with Crippen molar-refractivity contribution < 1.29 is 19.1 Å². The van der Waals surface area contributed by atoms with E-state index in [1.165, 1.54) is 7.11 Å². The van der Waals surface area contributed by atoms with E-state index < -0.39 is 5.97 Å². The normalized spacial score (nSPS) is 12.6. The average molecular weight is 416 g/mol. The second kappa shape index (κ2) is 7.41. The van der Waals surface area contributed by atoms with E-state index in [2.05, 4.69) is 30.8 Å². The molecule has 0 atom stereocenters. The minimum absolute atomic E-state index is 0.00551. The van der Waals surface area contributed by atoms with Gasteiger partial charge in [-0.1, -0.05) is 12.1 Å². The fourth-order valence-electron chi connectivity index (χ4n) is 3.26. The Morgan fingerprint density at radius 2 is 2.10 bits per heavy atom. The van der Waals surface area contributed by atoms with Crippen molar-refractivity contribution in [2.24, 2.45) is 0 Å². The number of ether oxygens (including phenoxy) is 2. The van der Waals surface area contributed by atoms with Crippen LogP contribution in [0.2, 0.25) is 0 Å². The molecule has 4 aromatic rings. The Balaban J connectivity index is 1.54. The van der Waals surface area contributed by atoms with Crippen LogP contribution in [-0.2, 0) is 9.53 Å². The summed E-state index contributed by atoms with van der Waals surface area (Å²) in [5.41, 5.74) is 3.53. The van der Waals surface area contributed by atoms with Crippen molar-refractivity contribution in [3.63, 3.8) is 0 Å². The summed E-state index contributed by atoms with van der Waals surface area (Å²) in [6, 6.07) is 12.2. The summed E-state index contributed by atoms with van der Waals surface area (Å²) in [5, 5.41) is 13.0. The van der Waals surface area contributed by atoms with Crippen LogP contribution in [-0.4, -0.2) is 45.8 Å². The summed E-state index contributed by atoms with van der Waals surface area (Å²) in [6.45, 7) is -0.00551. The maximum Gasteiger partial charge on any atom is 0.337 e. The first kappa shape index (κ1) is 18.6. The number of methoxy groups -OCH3 is 1. The van der Waals surface area contributed by atoms with Crippen molar-refractivity contribution in [3.05, 3.63) is 54.2 Å². The molecule has 2 aromatic carbocycles. The number of carbonyl (C=O) groups excluding carboxylic acids is 2. The van der Waals surface area contributed by atoms with Crippen LogP contribution in [0.15, 0.2) is 48.7 Å². The Morgan fingerprint density at radius 3 is 2.97 bits per heavy atom. The van der Waals surface area contributed by atoms with E-state index in [4.69, 9.17) is 9.47 Å². The smallest absolute Gasteiger partial charge is 0.337 e. The Bertz CT molecular complexity index is 1330. The summed E-state index contributed by atoms with van der Waals surface area (Å²) >= 11 is 0. The molecule has 1 aliphatic rings. The van der Waals surface area contributed by atoms with Gasteiger partial charge in [0.1, 0.15) is 16.8 Å². The molecular formula is C21H16N6O4. The third-order valence-corrected chi connectivity index (χ3v) is 4.72. The fourth-order valence-corrected chi connectivity index (χ4v) is 3.26. The zero-order chi connectivity index (χ0) is 21.4. The third-order valence-electron chi connectivity index (χ3n) is 4.72. The molecule has 10 nitrogen and oxygen atoms in total. The first-order valence-corrected chi connectivity index (χ1v) is 9.34. The zero-order valence-electron chi connectivity index (χ0n) is 16.3. The molecule has 1 aliphatic heterocycles. The fraction of sp³-hybridized carbons (Fsp3) is 0.0952. The van der Waals surface area contributed by atoms with Gasteiger partial charge in [-0.3, -0.25) is 9.89 Å². The van der Waals surface area contributed by atoms with E-state index in [1.54, 1.807) is 36.5 Å². The molecule has 2 aromatic heterocycles. The predicted molar refractivity (Wildman–Crippen MR) is 112 cm³/mol. The Hall–Kier alpha value is -4.47. The lowest BCUT2D eigenvalue weighted by Crippen LogP contribution is -2.25. The molecule has 154 valence electrons. The summed E-state index contributed by atoms with van der Waals surface area (Å²) < 4.78 is 10.2. The number of rotatable bonds is 4. The van der Waals surface area contributed by atoms with Crippen molar-refractivity contribution in [3.8, 4) is 17.1 Å². The average Bonchev–Trinajstić information content (AvgIpc) is 3.27. The number of amides is 1. The number of esters is 1. The number of carbonyl (C=O) groups is 2. The molecule has 0 radical (unpaired) electrons. The van der Waals surface area contributed by atoms with E-state index >= 15 is 0 Å². The van der Waals surface area contributed by atoms with Crippen molar-refractivity contribution in [1.29, 1.82) is 0 Å². The van der Waals surface area contributed by atoms with Crippen LogP contribution in [0.25, 0.3) is 22.4 Å². The second-order valence-corrected chi connectivity index (χ2v) is 6.77. The van der Waals surface area contributed by atoms with E-state index in [0.29, 0.717) is 50.9 Å². The summed E-state index contributed by atoms with van der Waals surface area (Å²) in [6.07, 6.45) is 1.59. The first-order valence-electron chi connectivity index (χ1n) is 9.34. The molecule has 10 heteroatoms. The summed E-state index contributed by atoms with van der Waals surface area (Å²) in [4.78, 5) is 32.7. The van der Waals surface area contributed by atoms with Crippen molar-refractivity contribution in [2.45, 2.75) is 0 Å². The SMILES string of the molecule is COC(=O)c1cccc(-c2nc(Nc3ccc4c(c3)NC(=O)CO4)c3[nH]ncc3n2)c1. The lowest BCUT2D eigenvalue weighted by atomic mass is 10.1. The van der Waals surface area contributed by atoms with Crippen molar-refractivity contribution >= 4 is 40.1 Å². The Morgan fingerprint density at radius 1 is 1.19 bits per heavy atom. The third kappa shape index (κ3) is 3.50. The van der Waals surface area contributed by atoms with Crippen LogP contribution in [0.4, 0.5) is 17.2 Å². The van der Waals surface area contributed by atoms with Crippen LogP contribution < -0.4 is 15.4 Å². The Kier molecular flexibility index (Phi) is 4.43. The molecule has 0 aliphatic carbocycles. The number of fused-ring (bicyclic) bond motifs is 2. The topological polar surface area (TPSA) is 131 Å². The zero-order valence-corrected chi connectivity index (χ0v) is 16.3. The molecule has 3 N–H and O–H groups in total. The minimum Gasteiger partial charge on any atom is -0.482 e. The van der Waals surface area contributed by atoms with E-state index in [0.717, 1.165) is 0 Å². The van der Waals surface area contributed by atoms with E-state index in [-0.39, 0.29) is 12.5 Å². The highest BCUT2D eigenvalue weighted by Crippen LogP contribution is 2.33. The van der Waals surface area contributed by atoms with Gasteiger partial charge in [-0.2, -0.15) is 5.10 Å². The van der Waals surface area contributed by atoms with Crippen LogP contribution in [0.5, 0.6) is 5.75 Å². The maximum absolute atomic E-state index is 11.9. The number of hydrogen-bond donors (Lipinski definition) is 3. The van der Waals surface area contributed by atoms with Crippen LogP contribution in [0.3, 0.4) is 0 Å². The number of nitrogens with one attached hydrogen (secondary N) is 3. The first-order chi connectivity index (χ1) is 15.1. The van der Waals surface area contributed by atoms with Gasteiger partial charge in [0, 0.05) is 11.3 Å². The van der Waals surface area contributed by atoms with Gasteiger partial charge in [-0.15, -0.1) is 0 Å². The number of H-pyrrole nitrogens is 1. The number of aromatic amines is 1. The quantitative estimate of drug-likeness (QED) is 0.433. The molecule has 31 heavy (non-hydrogen) atoms. The molecule has 0 bridgehead atoms. The van der Waals surface area contributed by atoms with Crippen LogP contribution >= 0.6 is 0 Å². The number of anilines is 3. The van der Waals surface area contributed by atoms with Gasteiger partial charge in [0.05, 0.1) is 24.6 Å². The van der Waals surface area contributed by atoms with Gasteiger partial charge in [0.2, 0.25) is 0 Å². The van der Waals surface area contributed by atoms with Crippen molar-refractivity contribution in [1.82, 2.24) is 20.2 Å². The predicted octanol–water partition coefficient (Wildman–Crippen LogP) is 2.88. The molecule has 1 amide bonds. The number of benzene rings is 2. The summed E-state index contributed by atoms with van der Waals surface area (Å²) in [7, 11) is 1.33. The van der Waals surface area contributed by atoms with Crippen LogP contribution in [0.1, 0.15) is 10.4 Å². The lowest BCUT2D eigenvalue weighted by Gasteiger charge is -2.19. The molecule has 0 saturated carbocycles. The molecule has 0 saturated heterocycles. The van der Waals surface area contributed by atoms with Gasteiger partial charge >= 0.3 is 5.97 Å². The standard InChI is InChI=1S/C21H16N6O4/c1-30-21(29)12-4-2-3-11(7-12)19-25-15-9-22-27-18(15)20(26-19)23-13-5-6-16-14(8-13)24-17(28)10-31-16/h2-9H,10H2,1H3,(H,22,27)(H,24,28)(H,23,25,26). The van der Waals surface area contributed by atoms with Gasteiger partial charge in [-0.25, -0.2) is 14.8 Å². The Labute approximate surface area is 175 Å². The van der Waals surface area contributed by atoms with E-state index in [1.807, 2.05) is 12.1 Å². The number of nitrogens with zero attached hydrogens (tertiary/aromatic N) is 3. The highest BCUT2D eigenvalue weighted by Gasteiger charge is 2.17. The lowest BCUT2D eigenvalue weighted by molar-refractivity contribution is -0.118. The highest BCUT2D eigenvalue weighted by atomic mass is 16.5. The molecular weight excluding hydrogens is 400 g/mol. The molecule has 0 spiro atoms. The molecule has 3 heterocycles.